The quantitative estimate of drug-likeness (QED) is 0.762. The van der Waals surface area contributed by atoms with E-state index in [1.54, 1.807) is 12.1 Å². The summed E-state index contributed by atoms with van der Waals surface area (Å²) in [6.45, 7) is 0. The molecule has 0 N–H and O–H groups in total. The van der Waals surface area contributed by atoms with Gasteiger partial charge in [0.25, 0.3) is 0 Å². The van der Waals surface area contributed by atoms with Crippen LogP contribution in [0.2, 0.25) is 5.02 Å². The molecule has 0 fully saturated rings. The molecule has 0 radical (unpaired) electrons. The lowest BCUT2D eigenvalue weighted by Gasteiger charge is -2.05. The molecule has 2 aromatic rings. The van der Waals surface area contributed by atoms with Crippen molar-refractivity contribution in [2.24, 2.45) is 0 Å². The highest BCUT2D eigenvalue weighted by atomic mass is 79.9. The van der Waals surface area contributed by atoms with Crippen molar-refractivity contribution < 1.29 is 4.74 Å². The van der Waals surface area contributed by atoms with E-state index in [0.29, 0.717) is 5.02 Å². The normalized spacial score (nSPS) is 10.0. The van der Waals surface area contributed by atoms with Crippen molar-refractivity contribution in [3.63, 3.8) is 0 Å². The molecule has 76 valence electrons. The lowest BCUT2D eigenvalue weighted by atomic mass is 10.3. The Kier molecular flexibility index (Phi) is 3.29. The van der Waals surface area contributed by atoms with Crippen LogP contribution in [0.5, 0.6) is 11.5 Å². The Morgan fingerprint density at radius 3 is 1.80 bits per heavy atom. The number of hydrogen-bond acceptors (Lipinski definition) is 1. The first-order valence-corrected chi connectivity index (χ1v) is 5.60. The second-order valence-corrected chi connectivity index (χ2v) is 4.36. The van der Waals surface area contributed by atoms with Gasteiger partial charge < -0.3 is 4.74 Å². The highest BCUT2D eigenvalue weighted by molar-refractivity contribution is 9.10. The largest absolute Gasteiger partial charge is 0.457 e. The lowest BCUT2D eigenvalue weighted by molar-refractivity contribution is 0.482. The molecular weight excluding hydrogens is 275 g/mol. The van der Waals surface area contributed by atoms with Gasteiger partial charge in [0, 0.05) is 9.50 Å². The van der Waals surface area contributed by atoms with Crippen molar-refractivity contribution in [3.8, 4) is 11.5 Å². The van der Waals surface area contributed by atoms with E-state index in [1.165, 1.54) is 0 Å². The summed E-state index contributed by atoms with van der Waals surface area (Å²) in [5.74, 6) is 1.59. The van der Waals surface area contributed by atoms with Gasteiger partial charge >= 0.3 is 0 Å². The monoisotopic (exact) mass is 282 g/mol. The van der Waals surface area contributed by atoms with Gasteiger partial charge in [-0.1, -0.05) is 27.5 Å². The summed E-state index contributed by atoms with van der Waals surface area (Å²) in [5.41, 5.74) is 0. The molecule has 0 bridgehead atoms. The predicted octanol–water partition coefficient (Wildman–Crippen LogP) is 4.89. The average Bonchev–Trinajstić information content (AvgIpc) is 2.25. The minimum Gasteiger partial charge on any atom is -0.457 e. The second kappa shape index (κ2) is 4.69. The number of hydrogen-bond donors (Lipinski definition) is 0. The van der Waals surface area contributed by atoms with Gasteiger partial charge in [0.1, 0.15) is 11.5 Å². The molecule has 0 saturated carbocycles. The molecule has 0 aromatic heterocycles. The Hall–Kier alpha value is -0.990. The molecule has 0 heterocycles. The molecule has 0 spiro atoms. The van der Waals surface area contributed by atoms with Gasteiger partial charge in [-0.2, -0.15) is 0 Å². The van der Waals surface area contributed by atoms with Crippen LogP contribution in [0, 0.1) is 0 Å². The number of halogens is 2. The summed E-state index contributed by atoms with van der Waals surface area (Å²) in [7, 11) is 0. The van der Waals surface area contributed by atoms with Crippen LogP contribution in [-0.4, -0.2) is 0 Å². The molecule has 0 atom stereocenters. The maximum absolute atomic E-state index is 5.77. The van der Waals surface area contributed by atoms with Crippen LogP contribution >= 0.6 is 27.5 Å². The first-order valence-electron chi connectivity index (χ1n) is 4.43. The van der Waals surface area contributed by atoms with Crippen LogP contribution in [0.4, 0.5) is 0 Å². The molecule has 0 saturated heterocycles. The van der Waals surface area contributed by atoms with E-state index in [-0.39, 0.29) is 0 Å². The van der Waals surface area contributed by atoms with Crippen LogP contribution in [0.3, 0.4) is 0 Å². The third kappa shape index (κ3) is 2.98. The van der Waals surface area contributed by atoms with Crippen LogP contribution in [0.15, 0.2) is 53.0 Å². The van der Waals surface area contributed by atoms with Gasteiger partial charge in [0.15, 0.2) is 0 Å². The Morgan fingerprint density at radius 2 is 1.27 bits per heavy atom. The topological polar surface area (TPSA) is 9.23 Å². The zero-order chi connectivity index (χ0) is 10.7. The number of rotatable bonds is 2. The van der Waals surface area contributed by atoms with E-state index in [2.05, 4.69) is 15.9 Å². The molecule has 0 aliphatic rings. The van der Waals surface area contributed by atoms with Crippen molar-refractivity contribution in [1.29, 1.82) is 0 Å². The molecule has 2 rings (SSSR count). The van der Waals surface area contributed by atoms with E-state index in [9.17, 15) is 0 Å². The summed E-state index contributed by atoms with van der Waals surface area (Å²) in [6, 6.07) is 15.0. The van der Waals surface area contributed by atoms with Crippen LogP contribution in [0.25, 0.3) is 0 Å². The van der Waals surface area contributed by atoms with Crippen LogP contribution in [-0.2, 0) is 0 Å². The standard InChI is InChI=1S/C12H8BrClO/c13-9-1-5-11(6-2-9)15-12-7-3-10(14)4-8-12/h1-8H. The molecule has 1 nitrogen and oxygen atoms in total. The molecule has 0 unspecified atom stereocenters. The van der Waals surface area contributed by atoms with Gasteiger partial charge in [-0.3, -0.25) is 0 Å². The zero-order valence-corrected chi connectivity index (χ0v) is 10.1. The maximum atomic E-state index is 5.77. The molecular formula is C12H8BrClO. The highest BCUT2D eigenvalue weighted by Crippen LogP contribution is 2.24. The SMILES string of the molecule is Clc1ccc(Oc2ccc(Br)cc2)cc1. The van der Waals surface area contributed by atoms with E-state index in [4.69, 9.17) is 16.3 Å². The fourth-order valence-corrected chi connectivity index (χ4v) is 1.53. The lowest BCUT2D eigenvalue weighted by Crippen LogP contribution is -1.82. The Balaban J connectivity index is 2.15. The predicted molar refractivity (Wildman–Crippen MR) is 65.7 cm³/mol. The zero-order valence-electron chi connectivity index (χ0n) is 7.78. The highest BCUT2D eigenvalue weighted by Gasteiger charge is 1.96. The molecule has 0 amide bonds. The Morgan fingerprint density at radius 1 is 0.800 bits per heavy atom. The van der Waals surface area contributed by atoms with E-state index >= 15 is 0 Å². The minimum absolute atomic E-state index is 0.707. The molecule has 2 aromatic carbocycles. The third-order valence-corrected chi connectivity index (χ3v) is 2.64. The van der Waals surface area contributed by atoms with Crippen molar-refractivity contribution >= 4 is 27.5 Å². The fraction of sp³-hybridized carbons (Fsp3) is 0. The van der Waals surface area contributed by atoms with E-state index in [1.807, 2.05) is 36.4 Å². The molecule has 3 heteroatoms. The van der Waals surface area contributed by atoms with Crippen LogP contribution < -0.4 is 4.74 Å². The number of benzene rings is 2. The third-order valence-electron chi connectivity index (χ3n) is 1.86. The number of ether oxygens (including phenoxy) is 1. The van der Waals surface area contributed by atoms with E-state index in [0.717, 1.165) is 16.0 Å². The first-order chi connectivity index (χ1) is 7.24. The summed E-state index contributed by atoms with van der Waals surface area (Å²) in [4.78, 5) is 0. The van der Waals surface area contributed by atoms with Gasteiger partial charge in [0.05, 0.1) is 0 Å². The first kappa shape index (κ1) is 10.5. The van der Waals surface area contributed by atoms with Crippen molar-refractivity contribution in [2.75, 3.05) is 0 Å². The average molecular weight is 284 g/mol. The molecule has 15 heavy (non-hydrogen) atoms. The summed E-state index contributed by atoms with van der Waals surface area (Å²) in [6.07, 6.45) is 0. The summed E-state index contributed by atoms with van der Waals surface area (Å²) in [5, 5.41) is 0.707. The van der Waals surface area contributed by atoms with E-state index < -0.39 is 0 Å². The van der Waals surface area contributed by atoms with Crippen molar-refractivity contribution in [2.45, 2.75) is 0 Å². The fourth-order valence-electron chi connectivity index (χ4n) is 1.14. The van der Waals surface area contributed by atoms with Gasteiger partial charge in [-0.15, -0.1) is 0 Å². The van der Waals surface area contributed by atoms with Crippen molar-refractivity contribution in [1.82, 2.24) is 0 Å². The van der Waals surface area contributed by atoms with Crippen molar-refractivity contribution in [3.05, 3.63) is 58.0 Å². The Bertz CT molecular complexity index is 393. The molecule has 0 aliphatic heterocycles. The Labute approximate surface area is 102 Å². The molecule has 0 aliphatic carbocycles. The minimum atomic E-state index is 0.707. The maximum Gasteiger partial charge on any atom is 0.127 e. The second-order valence-electron chi connectivity index (χ2n) is 3.01. The van der Waals surface area contributed by atoms with Gasteiger partial charge in [0.2, 0.25) is 0 Å². The van der Waals surface area contributed by atoms with Gasteiger partial charge in [-0.05, 0) is 48.5 Å². The van der Waals surface area contributed by atoms with Crippen LogP contribution in [0.1, 0.15) is 0 Å². The van der Waals surface area contributed by atoms with Gasteiger partial charge in [-0.25, -0.2) is 0 Å². The smallest absolute Gasteiger partial charge is 0.127 e. The summed E-state index contributed by atoms with van der Waals surface area (Å²) < 4.78 is 6.64. The summed E-state index contributed by atoms with van der Waals surface area (Å²) >= 11 is 9.14.